The number of aromatic nitrogens is 6. The molecule has 0 aromatic carbocycles. The minimum absolute atomic E-state index is 0.0196. The van der Waals surface area contributed by atoms with E-state index in [2.05, 4.69) is 29.9 Å². The first-order valence-corrected chi connectivity index (χ1v) is 3.66. The van der Waals surface area contributed by atoms with Crippen molar-refractivity contribution in [1.29, 1.82) is 0 Å². The summed E-state index contributed by atoms with van der Waals surface area (Å²) in [4.78, 5) is 33.5. The van der Waals surface area contributed by atoms with Crippen LogP contribution in [-0.2, 0) is 0 Å². The van der Waals surface area contributed by atoms with Crippen molar-refractivity contribution in [3.05, 3.63) is 37.0 Å². The minimum Gasteiger partial charge on any atom is -0.281 e. The van der Waals surface area contributed by atoms with E-state index < -0.39 is 5.78 Å². The number of ketones is 1. The number of hydrogen-bond donors (Lipinski definition) is 0. The van der Waals surface area contributed by atoms with Gasteiger partial charge in [-0.3, -0.25) is 4.79 Å². The Hall–Kier alpha value is -2.31. The second-order valence-electron chi connectivity index (χ2n) is 2.25. The molecular weight excluding hydrogens is 184 g/mol. The third kappa shape index (κ3) is 1.56. The third-order valence-electron chi connectivity index (χ3n) is 1.39. The number of carbonyl (C=O) groups excluding carboxylic acids is 1. The molecule has 14 heavy (non-hydrogen) atoms. The van der Waals surface area contributed by atoms with Gasteiger partial charge in [-0.15, -0.1) is 0 Å². The van der Waals surface area contributed by atoms with Crippen LogP contribution >= 0.6 is 0 Å². The zero-order valence-electron chi connectivity index (χ0n) is 6.90. The predicted octanol–water partition coefficient (Wildman–Crippen LogP) is -0.712. The molecule has 0 aliphatic carbocycles. The van der Waals surface area contributed by atoms with Crippen molar-refractivity contribution in [2.45, 2.75) is 0 Å². The molecule has 0 aliphatic rings. The van der Waals surface area contributed by atoms with E-state index in [1.807, 2.05) is 0 Å². The molecule has 2 aromatic heterocycles. The Bertz CT molecular complexity index is 389. The Morgan fingerprint density at radius 3 is 1.50 bits per heavy atom. The molecule has 0 aliphatic heterocycles. The van der Waals surface area contributed by atoms with Gasteiger partial charge in [0.25, 0.3) is 5.78 Å². The fraction of sp³-hybridized carbons (Fsp3) is 0. The molecule has 0 amide bonds. The van der Waals surface area contributed by atoms with Gasteiger partial charge in [0.05, 0.1) is 0 Å². The molecule has 7 nitrogen and oxygen atoms in total. The zero-order chi connectivity index (χ0) is 9.80. The van der Waals surface area contributed by atoms with Gasteiger partial charge in [-0.05, 0) is 0 Å². The lowest BCUT2D eigenvalue weighted by atomic mass is 10.3. The topological polar surface area (TPSA) is 94.4 Å². The van der Waals surface area contributed by atoms with Crippen molar-refractivity contribution in [1.82, 2.24) is 29.9 Å². The molecule has 0 saturated carbocycles. The van der Waals surface area contributed by atoms with Gasteiger partial charge in [0.1, 0.15) is 25.3 Å². The quantitative estimate of drug-likeness (QED) is 0.574. The Morgan fingerprint density at radius 1 is 0.786 bits per heavy atom. The van der Waals surface area contributed by atoms with Crippen LogP contribution in [0.15, 0.2) is 25.3 Å². The first-order chi connectivity index (χ1) is 6.88. The first kappa shape index (κ1) is 8.30. The maximum Gasteiger partial charge on any atom is 0.267 e. The first-order valence-electron chi connectivity index (χ1n) is 3.66. The molecule has 0 saturated heterocycles. The van der Waals surface area contributed by atoms with Crippen molar-refractivity contribution >= 4 is 5.78 Å². The molecule has 2 rings (SSSR count). The third-order valence-corrected chi connectivity index (χ3v) is 1.39. The highest BCUT2D eigenvalue weighted by molar-refractivity contribution is 6.03. The Labute approximate surface area is 78.3 Å². The van der Waals surface area contributed by atoms with Crippen molar-refractivity contribution in [2.75, 3.05) is 0 Å². The van der Waals surface area contributed by atoms with Crippen molar-refractivity contribution in [3.63, 3.8) is 0 Å². The van der Waals surface area contributed by atoms with Crippen molar-refractivity contribution < 1.29 is 4.79 Å². The van der Waals surface area contributed by atoms with E-state index in [0.717, 1.165) is 0 Å². The van der Waals surface area contributed by atoms with Gasteiger partial charge >= 0.3 is 0 Å². The Kier molecular flexibility index (Phi) is 2.14. The lowest BCUT2D eigenvalue weighted by Gasteiger charge is -1.94. The van der Waals surface area contributed by atoms with Gasteiger partial charge in [-0.25, -0.2) is 29.9 Å². The second kappa shape index (κ2) is 3.60. The van der Waals surface area contributed by atoms with E-state index in [1.165, 1.54) is 25.3 Å². The zero-order valence-corrected chi connectivity index (χ0v) is 6.90. The highest BCUT2D eigenvalue weighted by atomic mass is 16.1. The van der Waals surface area contributed by atoms with Crippen LogP contribution in [-0.4, -0.2) is 35.7 Å². The summed E-state index contributed by atoms with van der Waals surface area (Å²) >= 11 is 0. The van der Waals surface area contributed by atoms with E-state index in [1.54, 1.807) is 0 Å². The van der Waals surface area contributed by atoms with Crippen LogP contribution in [0.2, 0.25) is 0 Å². The van der Waals surface area contributed by atoms with Gasteiger partial charge in [0, 0.05) is 0 Å². The van der Waals surface area contributed by atoms with Gasteiger partial charge in [-0.2, -0.15) is 0 Å². The monoisotopic (exact) mass is 188 g/mol. The number of nitrogens with zero attached hydrogens (tertiary/aromatic N) is 6. The number of carbonyl (C=O) groups is 1. The molecule has 0 spiro atoms. The molecule has 0 bridgehead atoms. The van der Waals surface area contributed by atoms with E-state index in [-0.39, 0.29) is 11.6 Å². The number of rotatable bonds is 2. The van der Waals surface area contributed by atoms with Crippen LogP contribution in [0.25, 0.3) is 0 Å². The fourth-order valence-electron chi connectivity index (χ4n) is 0.813. The summed E-state index contributed by atoms with van der Waals surface area (Å²) < 4.78 is 0. The van der Waals surface area contributed by atoms with Gasteiger partial charge in [-0.1, -0.05) is 0 Å². The standard InChI is InChI=1S/C7H4N6O/c14-5(6-10-1-8-2-11-6)7-12-3-9-4-13-7/h1-4H. The minimum atomic E-state index is -0.449. The molecular formula is C7H4N6O. The molecule has 2 heterocycles. The van der Waals surface area contributed by atoms with Crippen LogP contribution in [0.1, 0.15) is 16.4 Å². The molecule has 0 N–H and O–H groups in total. The van der Waals surface area contributed by atoms with Gasteiger partial charge < -0.3 is 0 Å². The molecule has 68 valence electrons. The van der Waals surface area contributed by atoms with Crippen LogP contribution in [0.5, 0.6) is 0 Å². The van der Waals surface area contributed by atoms with Crippen LogP contribution in [0.4, 0.5) is 0 Å². The van der Waals surface area contributed by atoms with E-state index in [9.17, 15) is 4.79 Å². The molecule has 0 radical (unpaired) electrons. The Balaban J connectivity index is 2.35. The lowest BCUT2D eigenvalue weighted by molar-refractivity contribution is 0.101. The summed E-state index contributed by atoms with van der Waals surface area (Å²) in [5, 5.41) is 0. The van der Waals surface area contributed by atoms with E-state index in [4.69, 9.17) is 0 Å². The summed E-state index contributed by atoms with van der Waals surface area (Å²) in [6.07, 6.45) is 4.95. The summed E-state index contributed by atoms with van der Waals surface area (Å²) in [7, 11) is 0. The van der Waals surface area contributed by atoms with Crippen LogP contribution < -0.4 is 0 Å². The molecule has 7 heteroatoms. The Morgan fingerprint density at radius 2 is 1.14 bits per heavy atom. The van der Waals surface area contributed by atoms with Crippen LogP contribution in [0, 0.1) is 0 Å². The highest BCUT2D eigenvalue weighted by Gasteiger charge is 2.13. The van der Waals surface area contributed by atoms with E-state index >= 15 is 0 Å². The lowest BCUT2D eigenvalue weighted by Crippen LogP contribution is -2.10. The second-order valence-corrected chi connectivity index (χ2v) is 2.25. The summed E-state index contributed by atoms with van der Waals surface area (Å²) in [6, 6.07) is 0. The largest absolute Gasteiger partial charge is 0.281 e. The maximum absolute atomic E-state index is 11.5. The molecule has 2 aromatic rings. The smallest absolute Gasteiger partial charge is 0.267 e. The van der Waals surface area contributed by atoms with Crippen molar-refractivity contribution in [3.8, 4) is 0 Å². The molecule has 0 fully saturated rings. The maximum atomic E-state index is 11.5. The fourth-order valence-corrected chi connectivity index (χ4v) is 0.813. The SMILES string of the molecule is O=C(c1ncncn1)c1ncncn1. The normalized spacial score (nSPS) is 9.71. The van der Waals surface area contributed by atoms with Gasteiger partial charge in [0.15, 0.2) is 0 Å². The molecule has 0 unspecified atom stereocenters. The average molecular weight is 188 g/mol. The summed E-state index contributed by atoms with van der Waals surface area (Å²) in [6.45, 7) is 0. The summed E-state index contributed by atoms with van der Waals surface area (Å²) in [5.74, 6) is -0.410. The number of hydrogen-bond acceptors (Lipinski definition) is 7. The highest BCUT2D eigenvalue weighted by Crippen LogP contribution is 1.95. The average Bonchev–Trinajstić information content (AvgIpc) is 2.30. The summed E-state index contributed by atoms with van der Waals surface area (Å²) in [5.41, 5.74) is 0. The molecule has 0 atom stereocenters. The predicted molar refractivity (Wildman–Crippen MR) is 43.1 cm³/mol. The van der Waals surface area contributed by atoms with Crippen LogP contribution in [0.3, 0.4) is 0 Å². The van der Waals surface area contributed by atoms with Gasteiger partial charge in [0.2, 0.25) is 11.6 Å². The van der Waals surface area contributed by atoms with Crippen molar-refractivity contribution in [2.24, 2.45) is 0 Å². The van der Waals surface area contributed by atoms with E-state index in [0.29, 0.717) is 0 Å².